The third-order valence-corrected chi connectivity index (χ3v) is 6.21. The monoisotopic (exact) mass is 302 g/mol. The largest absolute Gasteiger partial charge is 0.377 e. The summed E-state index contributed by atoms with van der Waals surface area (Å²) in [7, 11) is 0. The number of nitrogens with zero attached hydrogens (tertiary/aromatic N) is 1. The standard InChI is InChI=1S/C17H22N2OS/c1-10(11-8-14-13(18-9-11)5-7-21-14)19-15-12-4-6-20-16(12)17(15,2)3/h5,7-10,12,15-16,19H,4,6H2,1-3H3/t10-,12-,15+,16+/m0/s1. The Morgan fingerprint density at radius 3 is 3.19 bits per heavy atom. The van der Waals surface area contributed by atoms with Gasteiger partial charge in [0.2, 0.25) is 0 Å². The molecule has 0 amide bonds. The smallest absolute Gasteiger partial charge is 0.0809 e. The second-order valence-electron chi connectivity index (χ2n) is 7.00. The first-order chi connectivity index (χ1) is 10.1. The highest BCUT2D eigenvalue weighted by atomic mass is 32.1. The van der Waals surface area contributed by atoms with E-state index in [0.29, 0.717) is 24.1 Å². The molecule has 1 saturated carbocycles. The van der Waals surface area contributed by atoms with E-state index >= 15 is 0 Å². The molecule has 2 aliphatic rings. The van der Waals surface area contributed by atoms with Crippen molar-refractivity contribution in [1.29, 1.82) is 0 Å². The fourth-order valence-corrected chi connectivity index (χ4v) is 4.92. The van der Waals surface area contributed by atoms with Gasteiger partial charge < -0.3 is 10.1 Å². The SMILES string of the molecule is C[C@H](N[C@@H]1[C@@H]2CCO[C@H]2C1(C)C)c1cnc2ccsc2c1. The van der Waals surface area contributed by atoms with Gasteiger partial charge in [-0.05, 0) is 36.4 Å². The van der Waals surface area contributed by atoms with Crippen LogP contribution >= 0.6 is 11.3 Å². The molecule has 1 saturated heterocycles. The Labute approximate surface area is 129 Å². The zero-order chi connectivity index (χ0) is 14.6. The third kappa shape index (κ3) is 2.04. The van der Waals surface area contributed by atoms with Gasteiger partial charge in [-0.3, -0.25) is 4.98 Å². The van der Waals surface area contributed by atoms with Crippen molar-refractivity contribution < 1.29 is 4.74 Å². The third-order valence-electron chi connectivity index (χ3n) is 5.35. The zero-order valence-corrected chi connectivity index (χ0v) is 13.6. The number of thiophene rings is 1. The maximum Gasteiger partial charge on any atom is 0.0809 e. The molecule has 0 spiro atoms. The van der Waals surface area contributed by atoms with Gasteiger partial charge in [0.25, 0.3) is 0 Å². The lowest BCUT2D eigenvalue weighted by molar-refractivity contribution is -0.115. The van der Waals surface area contributed by atoms with Crippen LogP contribution in [0.3, 0.4) is 0 Å². The summed E-state index contributed by atoms with van der Waals surface area (Å²) in [4.78, 5) is 4.56. The predicted molar refractivity (Wildman–Crippen MR) is 86.6 cm³/mol. The minimum atomic E-state index is 0.232. The molecule has 0 radical (unpaired) electrons. The fraction of sp³-hybridized carbons (Fsp3) is 0.588. The molecule has 112 valence electrons. The van der Waals surface area contributed by atoms with Crippen molar-refractivity contribution in [1.82, 2.24) is 10.3 Å². The van der Waals surface area contributed by atoms with Crippen LogP contribution in [0.5, 0.6) is 0 Å². The van der Waals surface area contributed by atoms with Crippen LogP contribution in [-0.4, -0.2) is 23.7 Å². The molecule has 1 N–H and O–H groups in total. The minimum Gasteiger partial charge on any atom is -0.377 e. The molecule has 2 aromatic heterocycles. The molecule has 0 unspecified atom stereocenters. The summed E-state index contributed by atoms with van der Waals surface area (Å²) in [5.74, 6) is 0.681. The first-order valence-corrected chi connectivity index (χ1v) is 8.66. The van der Waals surface area contributed by atoms with Crippen molar-refractivity contribution in [2.24, 2.45) is 11.3 Å². The molecule has 4 heteroatoms. The van der Waals surface area contributed by atoms with Gasteiger partial charge in [0.15, 0.2) is 0 Å². The molecule has 1 aliphatic heterocycles. The van der Waals surface area contributed by atoms with Gasteiger partial charge in [-0.15, -0.1) is 11.3 Å². The summed E-state index contributed by atoms with van der Waals surface area (Å²) in [5, 5.41) is 5.94. The molecule has 2 aromatic rings. The second kappa shape index (κ2) is 4.77. The van der Waals surface area contributed by atoms with Crippen LogP contribution in [0.2, 0.25) is 0 Å². The van der Waals surface area contributed by atoms with Crippen LogP contribution in [-0.2, 0) is 4.74 Å². The zero-order valence-electron chi connectivity index (χ0n) is 12.8. The van der Waals surface area contributed by atoms with Crippen LogP contribution in [0.15, 0.2) is 23.7 Å². The second-order valence-corrected chi connectivity index (χ2v) is 7.95. The van der Waals surface area contributed by atoms with Gasteiger partial charge in [0.1, 0.15) is 0 Å². The number of aromatic nitrogens is 1. The lowest BCUT2D eigenvalue weighted by Gasteiger charge is -2.55. The number of nitrogens with one attached hydrogen (secondary N) is 1. The average Bonchev–Trinajstić information content (AvgIpc) is 3.11. The molecule has 21 heavy (non-hydrogen) atoms. The Morgan fingerprint density at radius 2 is 2.33 bits per heavy atom. The number of fused-ring (bicyclic) bond motifs is 2. The van der Waals surface area contributed by atoms with E-state index in [1.165, 1.54) is 16.7 Å². The number of pyridine rings is 1. The lowest BCUT2D eigenvalue weighted by Crippen LogP contribution is -2.66. The molecule has 0 aromatic carbocycles. The van der Waals surface area contributed by atoms with E-state index in [2.05, 4.69) is 48.6 Å². The van der Waals surface area contributed by atoms with Crippen LogP contribution in [0.4, 0.5) is 0 Å². The van der Waals surface area contributed by atoms with E-state index in [9.17, 15) is 0 Å². The summed E-state index contributed by atoms with van der Waals surface area (Å²) in [5.41, 5.74) is 2.61. The molecular weight excluding hydrogens is 280 g/mol. The Hall–Kier alpha value is -0.970. The van der Waals surface area contributed by atoms with Crippen LogP contribution < -0.4 is 5.32 Å². The van der Waals surface area contributed by atoms with Gasteiger partial charge in [0.05, 0.1) is 16.3 Å². The van der Waals surface area contributed by atoms with Crippen molar-refractivity contribution in [2.45, 2.75) is 45.4 Å². The van der Waals surface area contributed by atoms with Gasteiger partial charge in [0, 0.05) is 36.2 Å². The van der Waals surface area contributed by atoms with Crippen molar-refractivity contribution in [3.05, 3.63) is 29.3 Å². The van der Waals surface area contributed by atoms with E-state index in [-0.39, 0.29) is 5.41 Å². The minimum absolute atomic E-state index is 0.232. The number of rotatable bonds is 3. The van der Waals surface area contributed by atoms with Gasteiger partial charge in [-0.25, -0.2) is 0 Å². The lowest BCUT2D eigenvalue weighted by atomic mass is 9.57. The molecule has 3 heterocycles. The van der Waals surface area contributed by atoms with E-state index in [4.69, 9.17) is 4.74 Å². The highest BCUT2D eigenvalue weighted by molar-refractivity contribution is 7.17. The molecular formula is C17H22N2OS. The Morgan fingerprint density at radius 1 is 1.48 bits per heavy atom. The molecule has 1 aliphatic carbocycles. The van der Waals surface area contributed by atoms with Gasteiger partial charge >= 0.3 is 0 Å². The van der Waals surface area contributed by atoms with Crippen molar-refractivity contribution in [2.75, 3.05) is 6.61 Å². The summed E-state index contributed by atoms with van der Waals surface area (Å²) in [6.45, 7) is 7.82. The number of hydrogen-bond acceptors (Lipinski definition) is 4. The fourth-order valence-electron chi connectivity index (χ4n) is 4.13. The topological polar surface area (TPSA) is 34.1 Å². The first-order valence-electron chi connectivity index (χ1n) is 7.78. The van der Waals surface area contributed by atoms with E-state index < -0.39 is 0 Å². The van der Waals surface area contributed by atoms with E-state index in [1.54, 1.807) is 11.3 Å². The molecule has 4 atom stereocenters. The average molecular weight is 302 g/mol. The highest BCUT2D eigenvalue weighted by Gasteiger charge is 2.59. The molecule has 4 rings (SSSR count). The van der Waals surface area contributed by atoms with E-state index in [1.807, 2.05) is 6.20 Å². The van der Waals surface area contributed by atoms with Gasteiger partial charge in [-0.2, -0.15) is 0 Å². The first kappa shape index (κ1) is 13.7. The Kier molecular flexibility index (Phi) is 3.10. The summed E-state index contributed by atoms with van der Waals surface area (Å²) in [6.07, 6.45) is 3.65. The summed E-state index contributed by atoms with van der Waals surface area (Å²) >= 11 is 1.76. The summed E-state index contributed by atoms with van der Waals surface area (Å²) < 4.78 is 7.16. The maximum absolute atomic E-state index is 5.88. The highest BCUT2D eigenvalue weighted by Crippen LogP contribution is 2.52. The van der Waals surface area contributed by atoms with Crippen LogP contribution in [0, 0.1) is 11.3 Å². The Bertz CT molecular complexity index is 666. The van der Waals surface area contributed by atoms with Crippen LogP contribution in [0.1, 0.15) is 38.8 Å². The van der Waals surface area contributed by atoms with Gasteiger partial charge in [-0.1, -0.05) is 13.8 Å². The predicted octanol–water partition coefficient (Wildman–Crippen LogP) is 3.76. The molecule has 0 bridgehead atoms. The van der Waals surface area contributed by atoms with Crippen molar-refractivity contribution >= 4 is 21.6 Å². The quantitative estimate of drug-likeness (QED) is 0.937. The van der Waals surface area contributed by atoms with Crippen molar-refractivity contribution in [3.63, 3.8) is 0 Å². The maximum atomic E-state index is 5.88. The Balaban J connectivity index is 1.54. The number of hydrogen-bond donors (Lipinski definition) is 1. The molecule has 3 nitrogen and oxygen atoms in total. The normalized spacial score (nSPS) is 31.9. The summed E-state index contributed by atoms with van der Waals surface area (Å²) in [6, 6.07) is 5.23. The van der Waals surface area contributed by atoms with Crippen molar-refractivity contribution in [3.8, 4) is 0 Å². The molecule has 2 fully saturated rings. The number of ether oxygens (including phenoxy) is 1. The van der Waals surface area contributed by atoms with Crippen LogP contribution in [0.25, 0.3) is 10.2 Å². The van der Waals surface area contributed by atoms with E-state index in [0.717, 1.165) is 12.1 Å².